The first kappa shape index (κ1) is 18.4. The Labute approximate surface area is 165 Å². The van der Waals surface area contributed by atoms with Gasteiger partial charge in [-0.25, -0.2) is 0 Å². The quantitative estimate of drug-likeness (QED) is 0.558. The van der Waals surface area contributed by atoms with Crippen LogP contribution in [0.4, 0.5) is 5.69 Å². The van der Waals surface area contributed by atoms with Crippen LogP contribution in [-0.2, 0) is 0 Å². The summed E-state index contributed by atoms with van der Waals surface area (Å²) >= 11 is 2.14. The van der Waals surface area contributed by atoms with E-state index in [1.807, 2.05) is 43.3 Å². The molecule has 3 rings (SSSR count). The summed E-state index contributed by atoms with van der Waals surface area (Å²) in [5, 5.41) is 30.8. The zero-order chi connectivity index (χ0) is 18.7. The van der Waals surface area contributed by atoms with Gasteiger partial charge in [0.05, 0.1) is 11.7 Å². The molecule has 0 fully saturated rings. The molecule has 0 spiro atoms. The van der Waals surface area contributed by atoms with Crippen LogP contribution in [-0.4, -0.2) is 21.4 Å². The van der Waals surface area contributed by atoms with E-state index in [4.69, 9.17) is 9.68 Å². The number of nitrogens with one attached hydrogen (secondary N) is 1. The van der Waals surface area contributed by atoms with Gasteiger partial charge < -0.3 is 14.8 Å². The average molecular weight is 460 g/mol. The second kappa shape index (κ2) is 7.85. The summed E-state index contributed by atoms with van der Waals surface area (Å²) in [6.07, 6.45) is -0.758. The summed E-state index contributed by atoms with van der Waals surface area (Å²) in [7, 11) is 0. The molecule has 132 valence electrons. The topological polar surface area (TPSA) is 95.0 Å². The fraction of sp³-hybridized carbons (Fsp3) is 0.211. The molecule has 26 heavy (non-hydrogen) atoms. The number of aliphatic hydroxyl groups is 1. The number of aliphatic hydroxyl groups excluding tert-OH is 1. The maximum atomic E-state index is 10.2. The maximum absolute atomic E-state index is 10.2. The van der Waals surface area contributed by atoms with E-state index in [-0.39, 0.29) is 0 Å². The van der Waals surface area contributed by atoms with E-state index < -0.39 is 12.1 Å². The molecule has 0 amide bonds. The average Bonchev–Trinajstić information content (AvgIpc) is 3.13. The third-order valence-corrected chi connectivity index (χ3v) is 5.42. The number of anilines is 1. The van der Waals surface area contributed by atoms with E-state index in [2.05, 4.69) is 44.2 Å². The van der Waals surface area contributed by atoms with Crippen molar-refractivity contribution in [2.24, 2.45) is 0 Å². The minimum Gasteiger partial charge on any atom is -0.418 e. The molecule has 0 saturated carbocycles. The molecule has 0 radical (unpaired) electrons. The minimum atomic E-state index is -0.758. The Morgan fingerprint density at radius 2 is 1.92 bits per heavy atom. The lowest BCUT2D eigenvalue weighted by Gasteiger charge is -2.21. The molecule has 0 aliphatic heterocycles. The van der Waals surface area contributed by atoms with Gasteiger partial charge in [0.15, 0.2) is 0 Å². The Balaban J connectivity index is 1.91. The summed E-state index contributed by atoms with van der Waals surface area (Å²) in [4.78, 5) is 0. The van der Waals surface area contributed by atoms with E-state index in [1.54, 1.807) is 13.0 Å². The van der Waals surface area contributed by atoms with E-state index in [0.29, 0.717) is 17.3 Å². The Bertz CT molecular complexity index is 948. The van der Waals surface area contributed by atoms with Gasteiger partial charge in [-0.15, -0.1) is 10.2 Å². The third-order valence-electron chi connectivity index (χ3n) is 4.03. The SMILES string of the molecule is Cc1c(NC(c2nnc(-c3ccccc3)o2)[C@H](C)O)ccc(C#N)c1I. The lowest BCUT2D eigenvalue weighted by Crippen LogP contribution is -2.23. The summed E-state index contributed by atoms with van der Waals surface area (Å²) < 4.78 is 6.65. The van der Waals surface area contributed by atoms with Crippen molar-refractivity contribution in [3.8, 4) is 17.5 Å². The number of rotatable bonds is 5. The van der Waals surface area contributed by atoms with E-state index in [0.717, 1.165) is 20.4 Å². The molecule has 1 heterocycles. The molecule has 2 N–H and O–H groups in total. The number of halogens is 1. The molecule has 0 saturated heterocycles. The highest BCUT2D eigenvalue weighted by atomic mass is 127. The number of nitriles is 1. The lowest BCUT2D eigenvalue weighted by atomic mass is 10.1. The number of aromatic nitrogens is 2. The van der Waals surface area contributed by atoms with Gasteiger partial charge >= 0.3 is 0 Å². The first-order valence-corrected chi connectivity index (χ1v) is 9.11. The Morgan fingerprint density at radius 3 is 2.58 bits per heavy atom. The maximum Gasteiger partial charge on any atom is 0.247 e. The van der Waals surface area contributed by atoms with Crippen LogP contribution in [0.25, 0.3) is 11.5 Å². The van der Waals surface area contributed by atoms with Gasteiger partial charge in [0.1, 0.15) is 12.1 Å². The number of hydrogen-bond acceptors (Lipinski definition) is 6. The smallest absolute Gasteiger partial charge is 0.247 e. The molecular formula is C19H17IN4O2. The second-order valence-corrected chi connectivity index (χ2v) is 6.96. The van der Waals surface area contributed by atoms with Crippen molar-refractivity contribution in [3.63, 3.8) is 0 Å². The molecular weight excluding hydrogens is 443 g/mol. The predicted molar refractivity (Wildman–Crippen MR) is 106 cm³/mol. The predicted octanol–water partition coefficient (Wildman–Crippen LogP) is 4.06. The van der Waals surface area contributed by atoms with E-state index >= 15 is 0 Å². The van der Waals surface area contributed by atoms with Gasteiger partial charge in [0, 0.05) is 14.8 Å². The largest absolute Gasteiger partial charge is 0.418 e. The standard InChI is InChI=1S/C19H17IN4O2/c1-11-15(9-8-14(10-21)16(11)20)22-17(12(2)25)19-24-23-18(26-19)13-6-4-3-5-7-13/h3-9,12,17,22,25H,1-2H3/t12-,17?/m0/s1. The van der Waals surface area contributed by atoms with Crippen LogP contribution < -0.4 is 5.32 Å². The highest BCUT2D eigenvalue weighted by Gasteiger charge is 2.25. The van der Waals surface area contributed by atoms with Crippen molar-refractivity contribution in [2.75, 3.05) is 5.32 Å². The van der Waals surface area contributed by atoms with Crippen LogP contribution in [0, 0.1) is 21.8 Å². The van der Waals surface area contributed by atoms with E-state index in [9.17, 15) is 5.11 Å². The van der Waals surface area contributed by atoms with E-state index in [1.165, 1.54) is 0 Å². The molecule has 1 aromatic heterocycles. The molecule has 0 aliphatic carbocycles. The molecule has 2 atom stereocenters. The summed E-state index contributed by atoms with van der Waals surface area (Å²) in [5.41, 5.74) is 3.17. The van der Waals surface area contributed by atoms with Gasteiger partial charge in [-0.05, 0) is 66.3 Å². The van der Waals surface area contributed by atoms with Crippen molar-refractivity contribution in [2.45, 2.75) is 26.0 Å². The van der Waals surface area contributed by atoms with Gasteiger partial charge in [-0.2, -0.15) is 5.26 Å². The number of benzene rings is 2. The Kier molecular flexibility index (Phi) is 5.54. The van der Waals surface area contributed by atoms with Crippen molar-refractivity contribution < 1.29 is 9.52 Å². The van der Waals surface area contributed by atoms with Crippen LogP contribution in [0.15, 0.2) is 46.9 Å². The molecule has 7 heteroatoms. The molecule has 6 nitrogen and oxygen atoms in total. The molecule has 1 unspecified atom stereocenters. The van der Waals surface area contributed by atoms with Crippen molar-refractivity contribution in [1.82, 2.24) is 10.2 Å². The molecule has 0 bridgehead atoms. The highest BCUT2D eigenvalue weighted by molar-refractivity contribution is 14.1. The fourth-order valence-electron chi connectivity index (χ4n) is 2.54. The fourth-order valence-corrected chi connectivity index (χ4v) is 3.13. The lowest BCUT2D eigenvalue weighted by molar-refractivity contribution is 0.159. The van der Waals surface area contributed by atoms with Gasteiger partial charge in [0.2, 0.25) is 11.8 Å². The number of nitrogens with zero attached hydrogens (tertiary/aromatic N) is 3. The van der Waals surface area contributed by atoms with Gasteiger partial charge in [-0.1, -0.05) is 18.2 Å². The Morgan fingerprint density at radius 1 is 1.19 bits per heavy atom. The zero-order valence-corrected chi connectivity index (χ0v) is 16.4. The van der Waals surface area contributed by atoms with Crippen molar-refractivity contribution >= 4 is 28.3 Å². The molecule has 0 aliphatic rings. The van der Waals surface area contributed by atoms with Gasteiger partial charge in [0.25, 0.3) is 0 Å². The van der Waals surface area contributed by atoms with Crippen LogP contribution in [0.5, 0.6) is 0 Å². The Hall–Kier alpha value is -2.44. The van der Waals surface area contributed by atoms with Crippen LogP contribution in [0.2, 0.25) is 0 Å². The normalized spacial score (nSPS) is 13.0. The summed E-state index contributed by atoms with van der Waals surface area (Å²) in [5.74, 6) is 0.705. The van der Waals surface area contributed by atoms with Crippen LogP contribution >= 0.6 is 22.6 Å². The molecule has 2 aromatic carbocycles. The summed E-state index contributed by atoms with van der Waals surface area (Å²) in [6, 6.07) is 14.6. The minimum absolute atomic E-state index is 0.303. The third kappa shape index (κ3) is 3.71. The van der Waals surface area contributed by atoms with Gasteiger partial charge in [-0.3, -0.25) is 0 Å². The summed E-state index contributed by atoms with van der Waals surface area (Å²) in [6.45, 7) is 3.58. The van der Waals surface area contributed by atoms with Crippen molar-refractivity contribution in [3.05, 3.63) is 63.1 Å². The monoisotopic (exact) mass is 460 g/mol. The first-order chi connectivity index (χ1) is 12.5. The number of hydrogen-bond donors (Lipinski definition) is 2. The highest BCUT2D eigenvalue weighted by Crippen LogP contribution is 2.29. The van der Waals surface area contributed by atoms with Crippen LogP contribution in [0.1, 0.15) is 30.0 Å². The zero-order valence-electron chi connectivity index (χ0n) is 14.3. The second-order valence-electron chi connectivity index (χ2n) is 5.89. The first-order valence-electron chi connectivity index (χ1n) is 8.04. The molecule has 3 aromatic rings. The van der Waals surface area contributed by atoms with Crippen molar-refractivity contribution in [1.29, 1.82) is 5.26 Å². The van der Waals surface area contributed by atoms with Crippen LogP contribution in [0.3, 0.4) is 0 Å².